The Morgan fingerprint density at radius 1 is 1.67 bits per heavy atom. The first-order valence-corrected chi connectivity index (χ1v) is 6.04. The van der Waals surface area contributed by atoms with Crippen LogP contribution in [-0.4, -0.2) is 34.1 Å². The lowest BCUT2D eigenvalue weighted by molar-refractivity contribution is -0.145. The van der Waals surface area contributed by atoms with E-state index in [2.05, 4.69) is 4.74 Å². The summed E-state index contributed by atoms with van der Waals surface area (Å²) >= 11 is 0. The van der Waals surface area contributed by atoms with Gasteiger partial charge in [-0.05, 0) is 12.8 Å². The standard InChI is InChI=1S/C8H14NO5P/c1-14-7(10)8(15(11,12)13)5-3-2-4-6(8)9/h2,4,6H,3,5,9H2,1H3,(H2,11,12,13)/t6-,8+/m0/s1. The smallest absolute Gasteiger partial charge is 0.344 e. The Balaban J connectivity index is 3.24. The van der Waals surface area contributed by atoms with Gasteiger partial charge in [-0.1, -0.05) is 12.2 Å². The van der Waals surface area contributed by atoms with Gasteiger partial charge < -0.3 is 20.3 Å². The number of hydrogen-bond donors (Lipinski definition) is 3. The van der Waals surface area contributed by atoms with E-state index in [1.807, 2.05) is 0 Å². The first-order chi connectivity index (χ1) is 6.86. The molecule has 15 heavy (non-hydrogen) atoms. The molecule has 6 nitrogen and oxygen atoms in total. The molecule has 2 atom stereocenters. The molecule has 86 valence electrons. The average Bonchev–Trinajstić information content (AvgIpc) is 2.15. The molecule has 0 aromatic rings. The zero-order valence-corrected chi connectivity index (χ0v) is 9.18. The highest BCUT2D eigenvalue weighted by Crippen LogP contribution is 2.56. The topological polar surface area (TPSA) is 110 Å². The predicted octanol–water partition coefficient (Wildman–Crippen LogP) is -0.247. The van der Waals surface area contributed by atoms with Gasteiger partial charge >= 0.3 is 13.6 Å². The average molecular weight is 235 g/mol. The highest BCUT2D eigenvalue weighted by molar-refractivity contribution is 7.55. The van der Waals surface area contributed by atoms with Gasteiger partial charge in [0.1, 0.15) is 0 Å². The molecule has 1 aliphatic rings. The summed E-state index contributed by atoms with van der Waals surface area (Å²) in [5, 5.41) is -1.92. The molecular weight excluding hydrogens is 221 g/mol. The van der Waals surface area contributed by atoms with Gasteiger partial charge in [-0.2, -0.15) is 0 Å². The Morgan fingerprint density at radius 2 is 2.27 bits per heavy atom. The van der Waals surface area contributed by atoms with E-state index >= 15 is 0 Å². The predicted molar refractivity (Wildman–Crippen MR) is 53.1 cm³/mol. The number of rotatable bonds is 2. The molecule has 0 saturated heterocycles. The number of ether oxygens (including phenoxy) is 1. The van der Waals surface area contributed by atoms with Crippen molar-refractivity contribution in [3.63, 3.8) is 0 Å². The zero-order chi connectivity index (χ0) is 11.7. The van der Waals surface area contributed by atoms with Gasteiger partial charge in [0.25, 0.3) is 0 Å². The first-order valence-electron chi connectivity index (χ1n) is 4.42. The molecule has 1 rings (SSSR count). The maximum atomic E-state index is 11.5. The quantitative estimate of drug-likeness (QED) is 0.346. The summed E-state index contributed by atoms with van der Waals surface area (Å²) in [7, 11) is -3.56. The van der Waals surface area contributed by atoms with Gasteiger partial charge in [0, 0.05) is 0 Å². The number of hydrogen-bond acceptors (Lipinski definition) is 4. The van der Waals surface area contributed by atoms with Gasteiger partial charge in [-0.15, -0.1) is 0 Å². The zero-order valence-electron chi connectivity index (χ0n) is 8.29. The van der Waals surface area contributed by atoms with Crippen LogP contribution in [0.25, 0.3) is 0 Å². The van der Waals surface area contributed by atoms with Gasteiger partial charge in [0.2, 0.25) is 0 Å². The van der Waals surface area contributed by atoms with E-state index in [1.165, 1.54) is 6.08 Å². The second-order valence-electron chi connectivity index (χ2n) is 3.45. The highest BCUT2D eigenvalue weighted by atomic mass is 31.2. The third kappa shape index (κ3) is 1.86. The van der Waals surface area contributed by atoms with E-state index in [4.69, 9.17) is 5.73 Å². The van der Waals surface area contributed by atoms with Crippen LogP contribution in [-0.2, 0) is 14.1 Å². The minimum absolute atomic E-state index is 0.00160. The van der Waals surface area contributed by atoms with Crippen LogP contribution in [0.4, 0.5) is 0 Å². The van der Waals surface area contributed by atoms with Crippen LogP contribution in [0.5, 0.6) is 0 Å². The van der Waals surface area contributed by atoms with E-state index in [9.17, 15) is 19.1 Å². The summed E-state index contributed by atoms with van der Waals surface area (Å²) < 4.78 is 15.8. The lowest BCUT2D eigenvalue weighted by atomic mass is 9.89. The molecule has 1 aliphatic carbocycles. The van der Waals surface area contributed by atoms with Gasteiger partial charge in [-0.25, -0.2) is 0 Å². The molecule has 0 amide bonds. The molecule has 0 spiro atoms. The largest absolute Gasteiger partial charge is 0.468 e. The number of esters is 1. The Hall–Kier alpha value is -0.680. The second kappa shape index (κ2) is 4.06. The third-order valence-corrected chi connectivity index (χ3v) is 4.39. The SMILES string of the molecule is COC(=O)[C@@]1(P(=O)(O)O)CCC=C[C@@H]1N. The molecule has 0 fully saturated rings. The molecule has 0 saturated carbocycles. The van der Waals surface area contributed by atoms with Gasteiger partial charge in [0.15, 0.2) is 5.16 Å². The summed E-state index contributed by atoms with van der Waals surface area (Å²) in [4.78, 5) is 30.0. The fourth-order valence-corrected chi connectivity index (χ4v) is 2.97. The maximum Gasteiger partial charge on any atom is 0.344 e. The molecule has 0 heterocycles. The monoisotopic (exact) mass is 235 g/mol. The molecule has 0 unspecified atom stereocenters. The van der Waals surface area contributed by atoms with Crippen molar-refractivity contribution in [1.82, 2.24) is 0 Å². The van der Waals surface area contributed by atoms with Crippen molar-refractivity contribution in [3.8, 4) is 0 Å². The Kier molecular flexibility index (Phi) is 3.35. The molecule has 0 bridgehead atoms. The van der Waals surface area contributed by atoms with E-state index in [0.29, 0.717) is 6.42 Å². The van der Waals surface area contributed by atoms with Crippen molar-refractivity contribution in [1.29, 1.82) is 0 Å². The van der Waals surface area contributed by atoms with Crippen molar-refractivity contribution >= 4 is 13.6 Å². The summed E-state index contributed by atoms with van der Waals surface area (Å²) in [5.74, 6) is -0.951. The van der Waals surface area contributed by atoms with Crippen molar-refractivity contribution < 1.29 is 23.9 Å². The van der Waals surface area contributed by atoms with Crippen molar-refractivity contribution in [2.75, 3.05) is 7.11 Å². The van der Waals surface area contributed by atoms with E-state index < -0.39 is 24.8 Å². The molecule has 0 radical (unpaired) electrons. The van der Waals surface area contributed by atoms with Gasteiger partial charge in [0.05, 0.1) is 13.2 Å². The summed E-state index contributed by atoms with van der Waals surface area (Å²) in [6, 6.07) is -1.01. The fraction of sp³-hybridized carbons (Fsp3) is 0.625. The molecular formula is C8H14NO5P. The minimum Gasteiger partial charge on any atom is -0.468 e. The Bertz CT molecular complexity index is 336. The van der Waals surface area contributed by atoms with E-state index in [0.717, 1.165) is 7.11 Å². The highest BCUT2D eigenvalue weighted by Gasteiger charge is 2.58. The number of nitrogens with two attached hydrogens (primary N) is 1. The lowest BCUT2D eigenvalue weighted by Crippen LogP contribution is -2.54. The number of methoxy groups -OCH3 is 1. The van der Waals surface area contributed by atoms with Crippen molar-refractivity contribution in [3.05, 3.63) is 12.2 Å². The van der Waals surface area contributed by atoms with Crippen molar-refractivity contribution in [2.45, 2.75) is 24.0 Å². The molecule has 4 N–H and O–H groups in total. The number of allylic oxidation sites excluding steroid dienone is 1. The van der Waals surface area contributed by atoms with Crippen LogP contribution >= 0.6 is 7.60 Å². The van der Waals surface area contributed by atoms with E-state index in [1.54, 1.807) is 6.08 Å². The summed E-state index contributed by atoms with van der Waals surface area (Å²) in [5.41, 5.74) is 5.60. The molecule has 0 aromatic carbocycles. The van der Waals surface area contributed by atoms with Crippen LogP contribution in [0.2, 0.25) is 0 Å². The van der Waals surface area contributed by atoms with Gasteiger partial charge in [-0.3, -0.25) is 9.36 Å². The van der Waals surface area contributed by atoms with E-state index in [-0.39, 0.29) is 6.42 Å². The minimum atomic E-state index is -4.65. The summed E-state index contributed by atoms with van der Waals surface area (Å²) in [6.07, 6.45) is 3.52. The lowest BCUT2D eigenvalue weighted by Gasteiger charge is -2.36. The van der Waals surface area contributed by atoms with Crippen molar-refractivity contribution in [2.24, 2.45) is 5.73 Å². The maximum absolute atomic E-state index is 11.5. The molecule has 0 aliphatic heterocycles. The van der Waals surface area contributed by atoms with Crippen LogP contribution < -0.4 is 5.73 Å². The molecule has 0 aromatic heterocycles. The van der Waals surface area contributed by atoms with Crippen LogP contribution in [0.1, 0.15) is 12.8 Å². The number of carbonyl (C=O) groups is 1. The van der Waals surface area contributed by atoms with Crippen LogP contribution in [0.3, 0.4) is 0 Å². The Labute approximate surface area is 87.3 Å². The summed E-state index contributed by atoms with van der Waals surface area (Å²) in [6.45, 7) is 0. The number of carbonyl (C=O) groups excluding carboxylic acids is 1. The second-order valence-corrected chi connectivity index (χ2v) is 5.34. The van der Waals surface area contributed by atoms with Crippen LogP contribution in [0, 0.1) is 0 Å². The Morgan fingerprint density at radius 3 is 2.67 bits per heavy atom. The van der Waals surface area contributed by atoms with Crippen LogP contribution in [0.15, 0.2) is 12.2 Å². The normalized spacial score (nSPS) is 31.3. The third-order valence-electron chi connectivity index (χ3n) is 2.65. The molecule has 7 heteroatoms. The fourth-order valence-electron chi connectivity index (χ4n) is 1.75. The first kappa shape index (κ1) is 12.4.